The van der Waals surface area contributed by atoms with Gasteiger partial charge in [0.25, 0.3) is 5.91 Å². The molecule has 0 heterocycles. The lowest BCUT2D eigenvalue weighted by Crippen LogP contribution is -2.23. The van der Waals surface area contributed by atoms with Gasteiger partial charge in [0.15, 0.2) is 0 Å². The van der Waals surface area contributed by atoms with Gasteiger partial charge in [-0.3, -0.25) is 4.79 Å². The van der Waals surface area contributed by atoms with Crippen molar-refractivity contribution in [1.82, 2.24) is 5.43 Å². The number of phenols is 1. The van der Waals surface area contributed by atoms with Crippen LogP contribution in [0, 0.1) is 5.92 Å². The van der Waals surface area contributed by atoms with Gasteiger partial charge in [-0.05, 0) is 61.1 Å². The number of aromatic hydroxyl groups is 1. The Kier molecular flexibility index (Phi) is 4.70. The van der Waals surface area contributed by atoms with E-state index in [0.717, 1.165) is 40.5 Å². The van der Waals surface area contributed by atoms with E-state index in [0.29, 0.717) is 5.92 Å². The Morgan fingerprint density at radius 2 is 1.96 bits per heavy atom. The van der Waals surface area contributed by atoms with Crippen LogP contribution in [-0.2, 0) is 0 Å². The van der Waals surface area contributed by atoms with Gasteiger partial charge < -0.3 is 5.11 Å². The number of amides is 1. The molecular formula is C21H22N2O2. The molecular weight excluding hydrogens is 312 g/mol. The highest BCUT2D eigenvalue weighted by Gasteiger charge is 2.19. The van der Waals surface area contributed by atoms with E-state index in [1.54, 1.807) is 12.1 Å². The van der Waals surface area contributed by atoms with Gasteiger partial charge in [-0.1, -0.05) is 42.5 Å². The Balaban J connectivity index is 1.82. The first-order chi connectivity index (χ1) is 12.0. The highest BCUT2D eigenvalue weighted by atomic mass is 16.3. The van der Waals surface area contributed by atoms with Crippen LogP contribution in [0.4, 0.5) is 0 Å². The number of hydrazone groups is 1. The predicted molar refractivity (Wildman–Crippen MR) is 102 cm³/mol. The maximum atomic E-state index is 12.5. The summed E-state index contributed by atoms with van der Waals surface area (Å²) in [6, 6.07) is 10.9. The van der Waals surface area contributed by atoms with Crippen molar-refractivity contribution in [3.05, 3.63) is 65.8 Å². The highest BCUT2D eigenvalue weighted by Crippen LogP contribution is 2.27. The van der Waals surface area contributed by atoms with Gasteiger partial charge >= 0.3 is 0 Å². The quantitative estimate of drug-likeness (QED) is 0.638. The molecule has 128 valence electrons. The second kappa shape index (κ2) is 6.93. The van der Waals surface area contributed by atoms with Crippen molar-refractivity contribution in [2.75, 3.05) is 0 Å². The molecule has 4 nitrogen and oxygen atoms in total. The number of phenolic OH excluding ortho intramolecular Hbond substituents is 1. The molecule has 0 saturated heterocycles. The van der Waals surface area contributed by atoms with Crippen LogP contribution >= 0.6 is 0 Å². The fourth-order valence-electron chi connectivity index (χ4n) is 3.01. The van der Waals surface area contributed by atoms with Crippen molar-refractivity contribution in [3.8, 4) is 5.75 Å². The molecule has 0 aromatic heterocycles. The molecule has 3 rings (SSSR count). The zero-order chi connectivity index (χ0) is 18.0. The number of fused-ring (bicyclic) bond motifs is 1. The summed E-state index contributed by atoms with van der Waals surface area (Å²) in [5.74, 6) is -0.110. The van der Waals surface area contributed by atoms with E-state index in [4.69, 9.17) is 0 Å². The third-order valence-corrected chi connectivity index (χ3v) is 4.70. The molecule has 2 aromatic rings. The fourth-order valence-corrected chi connectivity index (χ4v) is 3.01. The monoisotopic (exact) mass is 334 g/mol. The first-order valence-corrected chi connectivity index (χ1v) is 8.37. The summed E-state index contributed by atoms with van der Waals surface area (Å²) < 4.78 is 0. The highest BCUT2D eigenvalue weighted by molar-refractivity contribution is 6.04. The minimum Gasteiger partial charge on any atom is -0.507 e. The average molecular weight is 334 g/mol. The van der Waals surface area contributed by atoms with Gasteiger partial charge in [-0.15, -0.1) is 0 Å². The summed E-state index contributed by atoms with van der Waals surface area (Å²) in [6.45, 7) is 8.03. The molecule has 1 atom stereocenters. The Labute approximate surface area is 147 Å². The largest absolute Gasteiger partial charge is 0.507 e. The van der Waals surface area contributed by atoms with E-state index in [9.17, 15) is 9.90 Å². The first-order valence-electron chi connectivity index (χ1n) is 8.37. The molecule has 0 fully saturated rings. The van der Waals surface area contributed by atoms with Gasteiger partial charge in [-0.25, -0.2) is 5.43 Å². The zero-order valence-electron chi connectivity index (χ0n) is 14.5. The van der Waals surface area contributed by atoms with Crippen molar-refractivity contribution in [1.29, 1.82) is 0 Å². The molecule has 0 saturated carbocycles. The van der Waals surface area contributed by atoms with Gasteiger partial charge in [0.1, 0.15) is 5.75 Å². The third kappa shape index (κ3) is 3.63. The summed E-state index contributed by atoms with van der Waals surface area (Å²) in [6.07, 6.45) is 3.85. The molecule has 0 radical (unpaired) electrons. The van der Waals surface area contributed by atoms with Crippen LogP contribution in [-0.4, -0.2) is 16.7 Å². The molecule has 0 spiro atoms. The van der Waals surface area contributed by atoms with Crippen molar-refractivity contribution in [2.24, 2.45) is 11.0 Å². The van der Waals surface area contributed by atoms with E-state index in [1.165, 1.54) is 0 Å². The lowest BCUT2D eigenvalue weighted by Gasteiger charge is -2.22. The number of rotatable bonds is 3. The topological polar surface area (TPSA) is 61.7 Å². The maximum absolute atomic E-state index is 12.5. The molecule has 2 aromatic carbocycles. The van der Waals surface area contributed by atoms with Gasteiger partial charge in [0.05, 0.1) is 11.3 Å². The second-order valence-corrected chi connectivity index (χ2v) is 6.59. The Morgan fingerprint density at radius 3 is 2.64 bits per heavy atom. The minimum atomic E-state index is -0.416. The lowest BCUT2D eigenvalue weighted by molar-refractivity contribution is 0.0952. The summed E-state index contributed by atoms with van der Waals surface area (Å²) in [5, 5.41) is 16.2. The number of benzene rings is 2. The maximum Gasteiger partial charge on any atom is 0.275 e. The number of hydrogen-bond acceptors (Lipinski definition) is 3. The molecule has 0 bridgehead atoms. The zero-order valence-corrected chi connectivity index (χ0v) is 14.5. The first kappa shape index (κ1) is 17.0. The summed E-state index contributed by atoms with van der Waals surface area (Å²) in [4.78, 5) is 12.5. The molecule has 0 unspecified atom stereocenters. The SMILES string of the molecule is C=C(C)[C@@H]1CC=C(C)/C(=N/NC(=O)c2cc3ccccc3cc2O)C1. The normalized spacial score (nSPS) is 18.9. The van der Waals surface area contributed by atoms with Crippen LogP contribution in [0.2, 0.25) is 0 Å². The number of nitrogens with zero attached hydrogens (tertiary/aromatic N) is 1. The Hall–Kier alpha value is -2.88. The van der Waals surface area contributed by atoms with E-state index in [1.807, 2.05) is 38.1 Å². The van der Waals surface area contributed by atoms with Crippen LogP contribution in [0.15, 0.2) is 65.3 Å². The van der Waals surface area contributed by atoms with Gasteiger partial charge in [-0.2, -0.15) is 5.10 Å². The van der Waals surface area contributed by atoms with Gasteiger partial charge in [0.2, 0.25) is 0 Å². The number of allylic oxidation sites excluding steroid dienone is 3. The van der Waals surface area contributed by atoms with Crippen LogP contribution in [0.5, 0.6) is 5.75 Å². The second-order valence-electron chi connectivity index (χ2n) is 6.59. The third-order valence-electron chi connectivity index (χ3n) is 4.70. The Bertz CT molecular complexity index is 909. The summed E-state index contributed by atoms with van der Waals surface area (Å²) in [5.41, 5.74) is 5.85. The van der Waals surface area contributed by atoms with Crippen LogP contribution in [0.1, 0.15) is 37.0 Å². The van der Waals surface area contributed by atoms with Crippen molar-refractivity contribution in [2.45, 2.75) is 26.7 Å². The number of carbonyl (C=O) groups is 1. The molecule has 1 aliphatic carbocycles. The van der Waals surface area contributed by atoms with Crippen LogP contribution in [0.25, 0.3) is 10.8 Å². The smallest absolute Gasteiger partial charge is 0.275 e. The number of nitrogens with one attached hydrogen (secondary N) is 1. The number of carbonyl (C=O) groups excluding carboxylic acids is 1. The fraction of sp³-hybridized carbons (Fsp3) is 0.238. The van der Waals surface area contributed by atoms with E-state index in [2.05, 4.69) is 23.2 Å². The van der Waals surface area contributed by atoms with Crippen molar-refractivity contribution in [3.63, 3.8) is 0 Å². The van der Waals surface area contributed by atoms with E-state index >= 15 is 0 Å². The molecule has 1 amide bonds. The molecule has 2 N–H and O–H groups in total. The number of hydrogen-bond donors (Lipinski definition) is 2. The van der Waals surface area contributed by atoms with Gasteiger partial charge in [0, 0.05) is 0 Å². The summed E-state index contributed by atoms with van der Waals surface area (Å²) >= 11 is 0. The lowest BCUT2D eigenvalue weighted by atomic mass is 9.85. The van der Waals surface area contributed by atoms with Crippen molar-refractivity contribution >= 4 is 22.4 Å². The van der Waals surface area contributed by atoms with Crippen LogP contribution in [0.3, 0.4) is 0 Å². The van der Waals surface area contributed by atoms with E-state index < -0.39 is 5.91 Å². The van der Waals surface area contributed by atoms with E-state index in [-0.39, 0.29) is 11.3 Å². The summed E-state index contributed by atoms with van der Waals surface area (Å²) in [7, 11) is 0. The minimum absolute atomic E-state index is 0.0490. The standard InChI is InChI=1S/C21H22N2O2/c1-13(2)15-9-8-14(3)19(11-15)22-23-21(25)18-10-16-6-4-5-7-17(16)12-20(18)24/h4-8,10,12,15,24H,1,9,11H2,2-3H3,(H,23,25)/b22-19+/t15-/m1/s1. The predicted octanol–water partition coefficient (Wildman–Crippen LogP) is 4.56. The molecule has 0 aliphatic heterocycles. The average Bonchev–Trinajstić information content (AvgIpc) is 2.60. The van der Waals surface area contributed by atoms with Crippen LogP contribution < -0.4 is 5.43 Å². The van der Waals surface area contributed by atoms with Crippen molar-refractivity contribution < 1.29 is 9.90 Å². The molecule has 1 aliphatic rings. The molecule has 4 heteroatoms. The molecule has 25 heavy (non-hydrogen) atoms. The Morgan fingerprint density at radius 1 is 1.28 bits per heavy atom.